The Morgan fingerprint density at radius 2 is 2.33 bits per heavy atom. The van der Waals surface area contributed by atoms with E-state index in [9.17, 15) is 9.50 Å². The van der Waals surface area contributed by atoms with Crippen molar-refractivity contribution in [2.24, 2.45) is 0 Å². The Balaban J connectivity index is 2.43. The number of rotatable bonds is 2. The van der Waals surface area contributed by atoms with Gasteiger partial charge in [0.25, 0.3) is 0 Å². The first-order valence-corrected chi connectivity index (χ1v) is 5.00. The third-order valence-electron chi connectivity index (χ3n) is 2.81. The Morgan fingerprint density at radius 1 is 1.53 bits per heavy atom. The molecule has 0 radical (unpaired) electrons. The van der Waals surface area contributed by atoms with E-state index in [1.54, 1.807) is 0 Å². The number of aromatic hydroxyl groups is 1. The Bertz CT molecular complexity index is 362. The molecular formula is C11H14FNO2. The summed E-state index contributed by atoms with van der Waals surface area (Å²) in [6, 6.07) is 2.92. The fraction of sp³-hybridized carbons (Fsp3) is 0.455. The van der Waals surface area contributed by atoms with Gasteiger partial charge in [-0.1, -0.05) is 0 Å². The molecule has 4 heteroatoms. The molecule has 1 heterocycles. The van der Waals surface area contributed by atoms with Crippen LogP contribution >= 0.6 is 0 Å². The quantitative estimate of drug-likeness (QED) is 0.781. The molecule has 1 aliphatic rings. The number of nitrogens with one attached hydrogen (secondary N) is 1. The second kappa shape index (κ2) is 4.06. The lowest BCUT2D eigenvalue weighted by Crippen LogP contribution is -2.09. The third-order valence-corrected chi connectivity index (χ3v) is 2.81. The summed E-state index contributed by atoms with van der Waals surface area (Å²) in [4.78, 5) is 0. The first kappa shape index (κ1) is 10.2. The maximum Gasteiger partial charge on any atom is 0.172 e. The normalized spacial score (nSPS) is 20.5. The Hall–Kier alpha value is -1.29. The standard InChI is InChI=1S/C11H14FNO2/c1-15-9-3-2-8(14)10(11(9)12)7-4-5-13-6-7/h2-3,7,13-14H,4-6H2,1H3. The second-order valence-electron chi connectivity index (χ2n) is 3.70. The van der Waals surface area contributed by atoms with Crippen molar-refractivity contribution in [2.75, 3.05) is 20.2 Å². The van der Waals surface area contributed by atoms with Crippen molar-refractivity contribution in [2.45, 2.75) is 12.3 Å². The number of benzene rings is 1. The summed E-state index contributed by atoms with van der Waals surface area (Å²) in [6.45, 7) is 1.57. The van der Waals surface area contributed by atoms with Crippen LogP contribution in [0.15, 0.2) is 12.1 Å². The van der Waals surface area contributed by atoms with Gasteiger partial charge in [-0.25, -0.2) is 4.39 Å². The zero-order chi connectivity index (χ0) is 10.8. The molecule has 0 aromatic heterocycles. The van der Waals surface area contributed by atoms with Gasteiger partial charge in [0.05, 0.1) is 7.11 Å². The molecule has 0 amide bonds. The van der Waals surface area contributed by atoms with Crippen LogP contribution in [0.25, 0.3) is 0 Å². The number of ether oxygens (including phenoxy) is 1. The van der Waals surface area contributed by atoms with Crippen LogP contribution < -0.4 is 10.1 Å². The highest BCUT2D eigenvalue weighted by Crippen LogP contribution is 2.36. The number of hydrogen-bond acceptors (Lipinski definition) is 3. The van der Waals surface area contributed by atoms with E-state index in [-0.39, 0.29) is 17.4 Å². The molecule has 1 unspecified atom stereocenters. The summed E-state index contributed by atoms with van der Waals surface area (Å²) in [5.41, 5.74) is 0.374. The molecule has 82 valence electrons. The molecule has 1 aromatic rings. The zero-order valence-electron chi connectivity index (χ0n) is 8.59. The van der Waals surface area contributed by atoms with Crippen molar-refractivity contribution in [3.05, 3.63) is 23.5 Å². The molecular weight excluding hydrogens is 197 g/mol. The Kier molecular flexibility index (Phi) is 2.77. The van der Waals surface area contributed by atoms with E-state index in [2.05, 4.69) is 5.32 Å². The van der Waals surface area contributed by atoms with Crippen LogP contribution in [0.1, 0.15) is 17.9 Å². The molecule has 0 aliphatic carbocycles. The maximum atomic E-state index is 13.9. The topological polar surface area (TPSA) is 41.5 Å². The van der Waals surface area contributed by atoms with Gasteiger partial charge in [-0.05, 0) is 25.1 Å². The number of methoxy groups -OCH3 is 1. The fourth-order valence-corrected chi connectivity index (χ4v) is 2.01. The molecule has 3 nitrogen and oxygen atoms in total. The van der Waals surface area contributed by atoms with Crippen molar-refractivity contribution in [3.63, 3.8) is 0 Å². The number of phenolic OH excluding ortho intramolecular Hbond substituents is 1. The summed E-state index contributed by atoms with van der Waals surface area (Å²) >= 11 is 0. The minimum atomic E-state index is -0.439. The molecule has 1 aliphatic heterocycles. The summed E-state index contributed by atoms with van der Waals surface area (Å²) in [7, 11) is 1.42. The minimum absolute atomic E-state index is 0.0157. The van der Waals surface area contributed by atoms with Crippen molar-refractivity contribution in [1.29, 1.82) is 0 Å². The number of halogens is 1. The highest BCUT2D eigenvalue weighted by Gasteiger charge is 2.25. The van der Waals surface area contributed by atoms with Crippen molar-refractivity contribution >= 4 is 0 Å². The molecule has 1 aromatic carbocycles. The van der Waals surface area contributed by atoms with Gasteiger partial charge >= 0.3 is 0 Å². The molecule has 2 rings (SSSR count). The van der Waals surface area contributed by atoms with E-state index in [1.807, 2.05) is 0 Å². The van der Waals surface area contributed by atoms with E-state index in [0.29, 0.717) is 12.1 Å². The van der Waals surface area contributed by atoms with Gasteiger partial charge < -0.3 is 15.2 Å². The lowest BCUT2D eigenvalue weighted by Gasteiger charge is -2.14. The molecule has 1 atom stereocenters. The average molecular weight is 211 g/mol. The highest BCUT2D eigenvalue weighted by molar-refractivity contribution is 5.43. The Morgan fingerprint density at radius 3 is 2.93 bits per heavy atom. The average Bonchev–Trinajstić information content (AvgIpc) is 2.71. The van der Waals surface area contributed by atoms with E-state index in [1.165, 1.54) is 19.2 Å². The largest absolute Gasteiger partial charge is 0.508 e. The van der Waals surface area contributed by atoms with Gasteiger partial charge in [-0.15, -0.1) is 0 Å². The molecule has 1 fully saturated rings. The molecule has 15 heavy (non-hydrogen) atoms. The van der Waals surface area contributed by atoms with E-state index in [4.69, 9.17) is 4.74 Å². The zero-order valence-corrected chi connectivity index (χ0v) is 8.59. The van der Waals surface area contributed by atoms with E-state index >= 15 is 0 Å². The summed E-state index contributed by atoms with van der Waals surface area (Å²) < 4.78 is 18.8. The molecule has 1 saturated heterocycles. The van der Waals surface area contributed by atoms with E-state index in [0.717, 1.165) is 13.0 Å². The van der Waals surface area contributed by atoms with E-state index < -0.39 is 5.82 Å². The van der Waals surface area contributed by atoms with Crippen LogP contribution in [0.3, 0.4) is 0 Å². The van der Waals surface area contributed by atoms with Crippen LogP contribution in [0.5, 0.6) is 11.5 Å². The summed E-state index contributed by atoms with van der Waals surface area (Å²) in [5, 5.41) is 12.8. The first-order valence-electron chi connectivity index (χ1n) is 5.00. The predicted octanol–water partition coefficient (Wildman–Crippen LogP) is 1.62. The second-order valence-corrected chi connectivity index (χ2v) is 3.70. The van der Waals surface area contributed by atoms with Crippen molar-refractivity contribution in [3.8, 4) is 11.5 Å². The third kappa shape index (κ3) is 1.77. The highest BCUT2D eigenvalue weighted by atomic mass is 19.1. The predicted molar refractivity (Wildman–Crippen MR) is 54.8 cm³/mol. The maximum absolute atomic E-state index is 13.9. The van der Waals surface area contributed by atoms with Gasteiger partial charge in [-0.3, -0.25) is 0 Å². The van der Waals surface area contributed by atoms with Crippen LogP contribution in [-0.2, 0) is 0 Å². The summed E-state index contributed by atoms with van der Waals surface area (Å²) in [5.74, 6) is -0.192. The number of hydrogen-bond donors (Lipinski definition) is 2. The van der Waals surface area contributed by atoms with Gasteiger partial charge in [0.1, 0.15) is 5.75 Å². The fourth-order valence-electron chi connectivity index (χ4n) is 2.01. The van der Waals surface area contributed by atoms with Gasteiger partial charge in [0.2, 0.25) is 0 Å². The van der Waals surface area contributed by atoms with Crippen molar-refractivity contribution < 1.29 is 14.2 Å². The monoisotopic (exact) mass is 211 g/mol. The summed E-state index contributed by atoms with van der Waals surface area (Å²) in [6.07, 6.45) is 0.845. The Labute approximate surface area is 87.9 Å². The van der Waals surface area contributed by atoms with Crippen molar-refractivity contribution in [1.82, 2.24) is 5.32 Å². The lowest BCUT2D eigenvalue weighted by molar-refractivity contribution is 0.375. The molecule has 0 bridgehead atoms. The smallest absolute Gasteiger partial charge is 0.172 e. The number of phenols is 1. The molecule has 0 spiro atoms. The first-order chi connectivity index (χ1) is 7.24. The van der Waals surface area contributed by atoms with Gasteiger partial charge in [0, 0.05) is 18.0 Å². The lowest BCUT2D eigenvalue weighted by atomic mass is 9.96. The van der Waals surface area contributed by atoms with Crippen LogP contribution in [0, 0.1) is 5.82 Å². The van der Waals surface area contributed by atoms with Crippen LogP contribution in [-0.4, -0.2) is 25.3 Å². The van der Waals surface area contributed by atoms with Crippen LogP contribution in [0.2, 0.25) is 0 Å². The minimum Gasteiger partial charge on any atom is -0.508 e. The van der Waals surface area contributed by atoms with Gasteiger partial charge in [0.15, 0.2) is 11.6 Å². The SMILES string of the molecule is COc1ccc(O)c(C2CCNC2)c1F. The van der Waals surface area contributed by atoms with Crippen LogP contribution in [0.4, 0.5) is 4.39 Å². The van der Waals surface area contributed by atoms with Gasteiger partial charge in [-0.2, -0.15) is 0 Å². The molecule has 0 saturated carbocycles. The molecule has 2 N–H and O–H groups in total.